The van der Waals surface area contributed by atoms with Crippen LogP contribution in [0.3, 0.4) is 0 Å². The average molecular weight is 457 g/mol. The van der Waals surface area contributed by atoms with Crippen molar-refractivity contribution < 1.29 is 9.59 Å². The second kappa shape index (κ2) is 24.1. The van der Waals surface area contributed by atoms with Crippen molar-refractivity contribution in [1.82, 2.24) is 5.32 Å². The van der Waals surface area contributed by atoms with Gasteiger partial charge in [0.25, 0.3) is 0 Å². The molecule has 0 aliphatic carbocycles. The van der Waals surface area contributed by atoms with Crippen LogP contribution in [0.1, 0.15) is 136 Å². The summed E-state index contributed by atoms with van der Waals surface area (Å²) in [5.41, 5.74) is 5.86. The van der Waals surface area contributed by atoms with E-state index in [1.54, 1.807) is 0 Å². The fourth-order valence-electron chi connectivity index (χ4n) is 3.83. The predicted octanol–water partition coefficient (Wildman–Crippen LogP) is 7.14. The van der Waals surface area contributed by atoms with E-state index >= 15 is 0 Å². The number of nitrogens with two attached hydrogens (primary N) is 1. The van der Waals surface area contributed by atoms with E-state index in [0.717, 1.165) is 31.4 Å². The van der Waals surface area contributed by atoms with Crippen LogP contribution < -0.4 is 11.1 Å². The quantitative estimate of drug-likeness (QED) is 0.160. The Hall–Kier alpha value is -0.550. The molecule has 0 saturated carbocycles. The van der Waals surface area contributed by atoms with Gasteiger partial charge in [0.1, 0.15) is 0 Å². The molecule has 0 aromatic heterocycles. The number of rotatable bonds is 23. The van der Waals surface area contributed by atoms with Gasteiger partial charge in [0.05, 0.1) is 6.04 Å². The van der Waals surface area contributed by atoms with E-state index in [0.29, 0.717) is 19.4 Å². The van der Waals surface area contributed by atoms with E-state index in [2.05, 4.69) is 12.2 Å². The Morgan fingerprint density at radius 1 is 0.710 bits per heavy atom. The van der Waals surface area contributed by atoms with E-state index in [1.807, 2.05) is 6.92 Å². The molecule has 5 heteroatoms. The third-order valence-corrected chi connectivity index (χ3v) is 6.74. The summed E-state index contributed by atoms with van der Waals surface area (Å²) < 4.78 is 0. The van der Waals surface area contributed by atoms with Crippen LogP contribution >= 0.6 is 11.8 Å². The Labute approximate surface area is 197 Å². The Kier molecular flexibility index (Phi) is 23.7. The molecule has 4 nitrogen and oxygen atoms in total. The minimum absolute atomic E-state index is 0.0831. The van der Waals surface area contributed by atoms with Crippen molar-refractivity contribution in [3.05, 3.63) is 0 Å². The lowest BCUT2D eigenvalue weighted by Crippen LogP contribution is -2.29. The van der Waals surface area contributed by atoms with E-state index in [-0.39, 0.29) is 17.1 Å². The van der Waals surface area contributed by atoms with E-state index in [4.69, 9.17) is 5.73 Å². The summed E-state index contributed by atoms with van der Waals surface area (Å²) in [5, 5.41) is 3.07. The van der Waals surface area contributed by atoms with Crippen LogP contribution in [0.25, 0.3) is 0 Å². The number of unbranched alkanes of at least 4 members (excludes halogenated alkanes) is 15. The molecular formula is C26H52N2O2S. The highest BCUT2D eigenvalue weighted by molar-refractivity contribution is 8.13. The summed E-state index contributed by atoms with van der Waals surface area (Å²) in [5.74, 6) is 0.943. The van der Waals surface area contributed by atoms with Gasteiger partial charge in [-0.2, -0.15) is 0 Å². The van der Waals surface area contributed by atoms with E-state index in [1.165, 1.54) is 95.2 Å². The fourth-order valence-corrected chi connectivity index (χ4v) is 4.45. The van der Waals surface area contributed by atoms with Gasteiger partial charge in [0.15, 0.2) is 0 Å². The molecule has 1 unspecified atom stereocenters. The summed E-state index contributed by atoms with van der Waals surface area (Å²) >= 11 is 1.30. The highest BCUT2D eigenvalue weighted by atomic mass is 32.2. The highest BCUT2D eigenvalue weighted by Gasteiger charge is 2.12. The molecule has 0 spiro atoms. The molecule has 0 radical (unpaired) electrons. The highest BCUT2D eigenvalue weighted by Crippen LogP contribution is 2.14. The van der Waals surface area contributed by atoms with Crippen LogP contribution in [0.5, 0.6) is 0 Å². The molecule has 184 valence electrons. The molecule has 1 atom stereocenters. The molecule has 0 aromatic rings. The van der Waals surface area contributed by atoms with Crippen LogP contribution in [-0.4, -0.2) is 29.4 Å². The van der Waals surface area contributed by atoms with Crippen LogP contribution in [0.2, 0.25) is 0 Å². The largest absolute Gasteiger partial charge is 0.356 e. The lowest BCUT2D eigenvalue weighted by atomic mass is 10.0. The van der Waals surface area contributed by atoms with Gasteiger partial charge in [-0.1, -0.05) is 116 Å². The van der Waals surface area contributed by atoms with Gasteiger partial charge in [-0.25, -0.2) is 0 Å². The molecule has 0 aromatic carbocycles. The van der Waals surface area contributed by atoms with Crippen LogP contribution in [0.15, 0.2) is 0 Å². The number of thioether (sulfide) groups is 1. The monoisotopic (exact) mass is 456 g/mol. The second-order valence-corrected chi connectivity index (χ2v) is 10.2. The number of carbonyl (C=O) groups is 2. The third kappa shape index (κ3) is 22.4. The van der Waals surface area contributed by atoms with E-state index < -0.39 is 0 Å². The van der Waals surface area contributed by atoms with Crippen LogP contribution in [0, 0.1) is 0 Å². The van der Waals surface area contributed by atoms with E-state index in [9.17, 15) is 9.59 Å². The Morgan fingerprint density at radius 2 is 1.19 bits per heavy atom. The maximum absolute atomic E-state index is 11.9. The van der Waals surface area contributed by atoms with Gasteiger partial charge in [-0.3, -0.25) is 9.59 Å². The first kappa shape index (κ1) is 30.4. The summed E-state index contributed by atoms with van der Waals surface area (Å²) in [4.78, 5) is 23.5. The van der Waals surface area contributed by atoms with Crippen molar-refractivity contribution in [3.63, 3.8) is 0 Å². The Bertz CT molecular complexity index is 418. The van der Waals surface area contributed by atoms with Crippen LogP contribution in [-0.2, 0) is 9.59 Å². The maximum atomic E-state index is 11.9. The van der Waals surface area contributed by atoms with Crippen LogP contribution in [0.4, 0.5) is 0 Å². The summed E-state index contributed by atoms with van der Waals surface area (Å²) in [6, 6.07) is -0.360. The Balaban J connectivity index is 3.27. The number of carbonyl (C=O) groups excluding carboxylic acids is 2. The van der Waals surface area contributed by atoms with Gasteiger partial charge in [0, 0.05) is 13.0 Å². The SMILES string of the molecule is CCCCCCCCCCCCCCCCCC(=O)NCCCCC(N)C(=O)SCC. The maximum Gasteiger partial charge on any atom is 0.219 e. The van der Waals surface area contributed by atoms with Gasteiger partial charge >= 0.3 is 0 Å². The molecule has 0 aliphatic heterocycles. The second-order valence-electron chi connectivity index (χ2n) is 8.90. The fraction of sp³-hybridized carbons (Fsp3) is 0.923. The van der Waals surface area contributed by atoms with Gasteiger partial charge < -0.3 is 11.1 Å². The lowest BCUT2D eigenvalue weighted by molar-refractivity contribution is -0.121. The first-order chi connectivity index (χ1) is 15.1. The van der Waals surface area contributed by atoms with Crippen molar-refractivity contribution in [2.75, 3.05) is 12.3 Å². The zero-order valence-electron chi connectivity index (χ0n) is 20.7. The molecule has 0 aliphatic rings. The van der Waals surface area contributed by atoms with Crippen molar-refractivity contribution in [3.8, 4) is 0 Å². The van der Waals surface area contributed by atoms with Crippen molar-refractivity contribution >= 4 is 22.8 Å². The molecule has 0 bridgehead atoms. The van der Waals surface area contributed by atoms with Gasteiger partial charge in [-0.05, 0) is 31.4 Å². The number of hydrogen-bond donors (Lipinski definition) is 2. The molecule has 31 heavy (non-hydrogen) atoms. The summed E-state index contributed by atoms with van der Waals surface area (Å²) in [6.45, 7) is 4.93. The third-order valence-electron chi connectivity index (χ3n) is 5.86. The molecule has 0 heterocycles. The first-order valence-corrected chi connectivity index (χ1v) is 14.3. The normalized spacial score (nSPS) is 12.1. The number of nitrogens with one attached hydrogen (secondary N) is 1. The summed E-state index contributed by atoms with van der Waals surface area (Å²) in [6.07, 6.45) is 23.3. The smallest absolute Gasteiger partial charge is 0.219 e. The summed E-state index contributed by atoms with van der Waals surface area (Å²) in [7, 11) is 0. The molecule has 0 fully saturated rings. The average Bonchev–Trinajstić information content (AvgIpc) is 2.76. The van der Waals surface area contributed by atoms with Crippen molar-refractivity contribution in [2.45, 2.75) is 142 Å². The number of amides is 1. The minimum atomic E-state index is -0.360. The first-order valence-electron chi connectivity index (χ1n) is 13.3. The van der Waals surface area contributed by atoms with Crippen molar-refractivity contribution in [1.29, 1.82) is 0 Å². The predicted molar refractivity (Wildman–Crippen MR) is 138 cm³/mol. The van der Waals surface area contributed by atoms with Gasteiger partial charge in [-0.15, -0.1) is 0 Å². The van der Waals surface area contributed by atoms with Crippen molar-refractivity contribution in [2.24, 2.45) is 5.73 Å². The molecular weight excluding hydrogens is 404 g/mol. The topological polar surface area (TPSA) is 72.2 Å². The zero-order valence-corrected chi connectivity index (χ0v) is 21.5. The molecule has 0 rings (SSSR count). The standard InChI is InChI=1S/C26H52N2O2S/c1-3-5-6-7-8-9-10-11-12-13-14-15-16-17-18-22-25(29)28-23-20-19-21-24(27)26(30)31-4-2/h24H,3-23,27H2,1-2H3,(H,28,29). The molecule has 0 saturated heterocycles. The lowest BCUT2D eigenvalue weighted by Gasteiger charge is -2.09. The molecule has 3 N–H and O–H groups in total. The van der Waals surface area contributed by atoms with Gasteiger partial charge in [0.2, 0.25) is 11.0 Å². The zero-order chi connectivity index (χ0) is 23.0. The Morgan fingerprint density at radius 3 is 1.68 bits per heavy atom. The number of hydrogen-bond acceptors (Lipinski definition) is 4. The minimum Gasteiger partial charge on any atom is -0.356 e. The molecule has 1 amide bonds.